The molecule has 0 saturated heterocycles. The van der Waals surface area contributed by atoms with Crippen molar-refractivity contribution in [1.82, 2.24) is 0 Å². The third-order valence-electron chi connectivity index (χ3n) is 3.81. The zero-order valence-corrected chi connectivity index (χ0v) is 18.8. The molecule has 0 spiro atoms. The Kier molecular flexibility index (Phi) is 11.8. The zero-order valence-electron chi connectivity index (χ0n) is 16.4. The normalized spacial score (nSPS) is 8.93. The fourth-order valence-corrected chi connectivity index (χ4v) is 2.12. The maximum atomic E-state index is 10.2. The molecule has 0 bridgehead atoms. The molecule has 0 saturated carbocycles. The molecule has 0 aliphatic heterocycles. The molecule has 0 aliphatic rings. The van der Waals surface area contributed by atoms with Gasteiger partial charge in [-0.2, -0.15) is 0 Å². The van der Waals surface area contributed by atoms with Crippen molar-refractivity contribution in [2.45, 2.75) is 20.8 Å². The smallest absolute Gasteiger partial charge is 0.272 e. The lowest BCUT2D eigenvalue weighted by molar-refractivity contribution is -0.385. The molecular weight excluding hydrogens is 485 g/mol. The highest BCUT2D eigenvalue weighted by atomic mass is 127. The molecule has 0 fully saturated rings. The largest absolute Gasteiger partial charge is 0.399 e. The minimum atomic E-state index is -0.380. The minimum Gasteiger partial charge on any atom is -0.399 e. The van der Waals surface area contributed by atoms with E-state index >= 15 is 0 Å². The van der Waals surface area contributed by atoms with Crippen LogP contribution >= 0.6 is 24.0 Å². The van der Waals surface area contributed by atoms with Crippen LogP contribution in [0.15, 0.2) is 72.8 Å². The van der Waals surface area contributed by atoms with E-state index in [-0.39, 0.29) is 45.2 Å². The number of aryl methyl sites for hydroxylation is 3. The second-order valence-electron chi connectivity index (χ2n) is 5.94. The summed E-state index contributed by atoms with van der Waals surface area (Å²) >= 11 is 0. The summed E-state index contributed by atoms with van der Waals surface area (Å²) < 4.78 is 0. The van der Waals surface area contributed by atoms with Crippen LogP contribution in [0.2, 0.25) is 0 Å². The molecule has 3 aromatic rings. The number of nitro benzene ring substituents is 2. The number of hydrogen-bond acceptors (Lipinski definition) is 5. The molecule has 0 amide bonds. The van der Waals surface area contributed by atoms with E-state index < -0.39 is 0 Å². The molecule has 0 radical (unpaired) electrons. The number of benzene rings is 3. The van der Waals surface area contributed by atoms with E-state index in [0.717, 1.165) is 11.3 Å². The second kappa shape index (κ2) is 13.2. The highest BCUT2D eigenvalue weighted by molar-refractivity contribution is 14.0. The summed E-state index contributed by atoms with van der Waals surface area (Å²) in [6.45, 7) is 5.44. The molecule has 0 atom stereocenters. The molecule has 7 nitrogen and oxygen atoms in total. The monoisotopic (exact) mass is 509 g/mol. The van der Waals surface area contributed by atoms with Gasteiger partial charge >= 0.3 is 0 Å². The van der Waals surface area contributed by atoms with Gasteiger partial charge < -0.3 is 5.73 Å². The maximum absolute atomic E-state index is 10.2. The number of nitrogens with two attached hydrogens (primary N) is 1. The molecule has 8 heteroatoms. The van der Waals surface area contributed by atoms with Crippen LogP contribution in [0.1, 0.15) is 16.7 Å². The van der Waals surface area contributed by atoms with Gasteiger partial charge in [0, 0.05) is 28.9 Å². The van der Waals surface area contributed by atoms with Crippen molar-refractivity contribution >= 4 is 41.0 Å². The van der Waals surface area contributed by atoms with Gasteiger partial charge in [0.1, 0.15) is 0 Å². The van der Waals surface area contributed by atoms with Crippen LogP contribution < -0.4 is 5.73 Å². The van der Waals surface area contributed by atoms with Crippen molar-refractivity contribution in [2.75, 3.05) is 5.73 Å². The predicted molar refractivity (Wildman–Crippen MR) is 127 cm³/mol. The van der Waals surface area contributed by atoms with Crippen molar-refractivity contribution < 1.29 is 9.85 Å². The van der Waals surface area contributed by atoms with Crippen LogP contribution in [0.5, 0.6) is 0 Å². The average Bonchev–Trinajstić information content (AvgIpc) is 2.65. The topological polar surface area (TPSA) is 112 Å². The molecule has 2 N–H and O–H groups in total. The molecule has 0 aromatic heterocycles. The Morgan fingerprint density at radius 3 is 1.14 bits per heavy atom. The van der Waals surface area contributed by atoms with Gasteiger partial charge in [-0.1, -0.05) is 54.6 Å². The quantitative estimate of drug-likeness (QED) is 0.197. The Labute approximate surface area is 186 Å². The first-order chi connectivity index (χ1) is 13.2. The van der Waals surface area contributed by atoms with Gasteiger partial charge in [-0.15, -0.1) is 24.0 Å². The Morgan fingerprint density at radius 1 is 0.621 bits per heavy atom. The highest BCUT2D eigenvalue weighted by Gasteiger charge is 2.06. The molecule has 3 rings (SSSR count). The van der Waals surface area contributed by atoms with E-state index in [9.17, 15) is 20.2 Å². The van der Waals surface area contributed by atoms with E-state index in [0.29, 0.717) is 11.1 Å². The summed E-state index contributed by atoms with van der Waals surface area (Å²) in [6, 6.07) is 21.1. The summed E-state index contributed by atoms with van der Waals surface area (Å²) in [5.74, 6) is 0. The van der Waals surface area contributed by atoms with Crippen LogP contribution in [0.3, 0.4) is 0 Å². The number of nitrogens with zero attached hydrogens (tertiary/aromatic N) is 2. The van der Waals surface area contributed by atoms with Crippen LogP contribution in [-0.2, 0) is 0 Å². The Bertz CT molecular complexity index is 872. The highest BCUT2D eigenvalue weighted by Crippen LogP contribution is 2.15. The van der Waals surface area contributed by atoms with Gasteiger partial charge in [0.25, 0.3) is 11.4 Å². The molecule has 0 unspecified atom stereocenters. The zero-order chi connectivity index (χ0) is 21.1. The number of para-hydroxylation sites is 3. The third-order valence-corrected chi connectivity index (χ3v) is 3.81. The predicted octanol–water partition coefficient (Wildman–Crippen LogP) is 6.00. The standard InChI is InChI=1S/2C7H7NO2.C7H9N.HI/c2*1-6-4-2-3-5-7(6)8(9)10;1-6-4-2-3-5-7(6)8;/h2*2-5H,1H3;2-5H,8H2,1H3;1H. The Balaban J connectivity index is 0.000000401. The lowest BCUT2D eigenvalue weighted by Gasteiger charge is -1.93. The van der Waals surface area contributed by atoms with Gasteiger partial charge in [-0.3, -0.25) is 20.2 Å². The van der Waals surface area contributed by atoms with E-state index in [2.05, 4.69) is 0 Å². The molecule has 3 aromatic carbocycles. The molecule has 0 heterocycles. The number of halogens is 1. The van der Waals surface area contributed by atoms with Gasteiger partial charge in [-0.25, -0.2) is 0 Å². The van der Waals surface area contributed by atoms with Crippen LogP contribution in [0.4, 0.5) is 17.1 Å². The lowest BCUT2D eigenvalue weighted by atomic mass is 10.2. The fourth-order valence-electron chi connectivity index (χ4n) is 2.12. The summed E-state index contributed by atoms with van der Waals surface area (Å²) in [6.07, 6.45) is 0. The first kappa shape index (κ1) is 26.0. The van der Waals surface area contributed by atoms with Crippen molar-refractivity contribution in [2.24, 2.45) is 0 Å². The molecular formula is C21H24IN3O4. The number of nitro groups is 2. The van der Waals surface area contributed by atoms with E-state index in [1.54, 1.807) is 50.2 Å². The van der Waals surface area contributed by atoms with Crippen LogP contribution in [0, 0.1) is 41.0 Å². The summed E-state index contributed by atoms with van der Waals surface area (Å²) in [5, 5.41) is 20.5. The van der Waals surface area contributed by atoms with Gasteiger partial charge in [0.2, 0.25) is 0 Å². The number of rotatable bonds is 2. The first-order valence-corrected chi connectivity index (χ1v) is 8.45. The van der Waals surface area contributed by atoms with E-state index in [4.69, 9.17) is 5.73 Å². The number of nitrogen functional groups attached to an aromatic ring is 1. The summed E-state index contributed by atoms with van der Waals surface area (Å²) in [5.41, 5.74) is 9.30. The molecule has 29 heavy (non-hydrogen) atoms. The molecule has 154 valence electrons. The van der Waals surface area contributed by atoms with Crippen molar-refractivity contribution in [1.29, 1.82) is 0 Å². The second-order valence-corrected chi connectivity index (χ2v) is 5.94. The third kappa shape index (κ3) is 9.15. The number of anilines is 1. The van der Waals surface area contributed by atoms with Crippen molar-refractivity contribution in [3.63, 3.8) is 0 Å². The van der Waals surface area contributed by atoms with Crippen LogP contribution in [-0.4, -0.2) is 9.85 Å². The molecule has 0 aliphatic carbocycles. The van der Waals surface area contributed by atoms with Gasteiger partial charge in [0.15, 0.2) is 0 Å². The van der Waals surface area contributed by atoms with Crippen molar-refractivity contribution in [3.05, 3.63) is 110 Å². The average molecular weight is 509 g/mol. The van der Waals surface area contributed by atoms with Gasteiger partial charge in [-0.05, 0) is 32.4 Å². The minimum absolute atomic E-state index is 0. The number of hydrogen-bond donors (Lipinski definition) is 1. The summed E-state index contributed by atoms with van der Waals surface area (Å²) in [7, 11) is 0. The first-order valence-electron chi connectivity index (χ1n) is 8.45. The lowest BCUT2D eigenvalue weighted by Crippen LogP contribution is -1.89. The fraction of sp³-hybridized carbons (Fsp3) is 0.143. The maximum Gasteiger partial charge on any atom is 0.272 e. The Hall–Kier alpha value is -3.01. The van der Waals surface area contributed by atoms with E-state index in [1.807, 2.05) is 31.2 Å². The van der Waals surface area contributed by atoms with Crippen LogP contribution in [0.25, 0.3) is 0 Å². The van der Waals surface area contributed by atoms with Gasteiger partial charge in [0.05, 0.1) is 9.85 Å². The van der Waals surface area contributed by atoms with Crippen molar-refractivity contribution in [3.8, 4) is 0 Å². The SMILES string of the molecule is Cc1ccccc1N.Cc1ccccc1[N+](=O)[O-].Cc1ccccc1[N+](=O)[O-].I. The Morgan fingerprint density at radius 2 is 0.931 bits per heavy atom. The van der Waals surface area contributed by atoms with E-state index in [1.165, 1.54) is 12.1 Å². The summed E-state index contributed by atoms with van der Waals surface area (Å²) in [4.78, 5) is 19.7.